The fourth-order valence-corrected chi connectivity index (χ4v) is 2.90. The second-order valence-electron chi connectivity index (χ2n) is 6.83. The molecule has 0 aliphatic rings. The minimum Gasteiger partial charge on any atom is -0.357 e. The molecule has 0 aromatic heterocycles. The van der Waals surface area contributed by atoms with Crippen molar-refractivity contribution in [1.82, 2.24) is 15.5 Å². The molecule has 150 valence electrons. The highest BCUT2D eigenvalue weighted by Crippen LogP contribution is 2.16. The van der Waals surface area contributed by atoms with Crippen LogP contribution in [0, 0.1) is 0 Å². The molecule has 0 bridgehead atoms. The van der Waals surface area contributed by atoms with Crippen molar-refractivity contribution in [3.8, 4) is 0 Å². The summed E-state index contributed by atoms with van der Waals surface area (Å²) in [4.78, 5) is 18.4. The van der Waals surface area contributed by atoms with Crippen LogP contribution in [0.25, 0.3) is 0 Å². The van der Waals surface area contributed by atoms with Crippen LogP contribution in [0.3, 0.4) is 0 Å². The van der Waals surface area contributed by atoms with Gasteiger partial charge in [0.15, 0.2) is 5.96 Å². The summed E-state index contributed by atoms with van der Waals surface area (Å²) < 4.78 is 0. The molecule has 0 aliphatic carbocycles. The Balaban J connectivity index is 2.00. The molecule has 0 fully saturated rings. The van der Waals surface area contributed by atoms with Crippen molar-refractivity contribution in [3.63, 3.8) is 0 Å². The van der Waals surface area contributed by atoms with E-state index in [1.807, 2.05) is 55.5 Å². The van der Waals surface area contributed by atoms with E-state index >= 15 is 0 Å². The van der Waals surface area contributed by atoms with Gasteiger partial charge in [-0.15, -0.1) is 0 Å². The van der Waals surface area contributed by atoms with Gasteiger partial charge in [-0.3, -0.25) is 9.79 Å². The summed E-state index contributed by atoms with van der Waals surface area (Å²) in [5, 5.41) is 7.43. The number of halogens is 1. The minimum absolute atomic E-state index is 0.0112. The molecule has 1 atom stereocenters. The molecule has 5 nitrogen and oxygen atoms in total. The molecular formula is C22H29ClN4O. The predicted molar refractivity (Wildman–Crippen MR) is 117 cm³/mol. The minimum atomic E-state index is 0.0112. The predicted octanol–water partition coefficient (Wildman–Crippen LogP) is 3.90. The number of carbonyl (C=O) groups is 1. The van der Waals surface area contributed by atoms with Gasteiger partial charge in [-0.2, -0.15) is 0 Å². The number of amides is 1. The van der Waals surface area contributed by atoms with Crippen LogP contribution >= 0.6 is 11.6 Å². The van der Waals surface area contributed by atoms with Gasteiger partial charge in [-0.1, -0.05) is 35.9 Å². The van der Waals surface area contributed by atoms with Crippen LogP contribution in [0.5, 0.6) is 0 Å². The van der Waals surface area contributed by atoms with Crippen LogP contribution < -0.4 is 10.6 Å². The second kappa shape index (κ2) is 10.7. The van der Waals surface area contributed by atoms with E-state index < -0.39 is 0 Å². The fraction of sp³-hybridized carbons (Fsp3) is 0.364. The lowest BCUT2D eigenvalue weighted by Crippen LogP contribution is -2.38. The van der Waals surface area contributed by atoms with E-state index in [0.29, 0.717) is 12.1 Å². The maximum absolute atomic E-state index is 12.1. The molecule has 28 heavy (non-hydrogen) atoms. The maximum atomic E-state index is 12.1. The molecule has 6 heteroatoms. The number of nitrogens with zero attached hydrogens (tertiary/aromatic N) is 2. The summed E-state index contributed by atoms with van der Waals surface area (Å²) in [7, 11) is 3.52. The molecule has 0 radical (unpaired) electrons. The van der Waals surface area contributed by atoms with Crippen molar-refractivity contribution in [2.24, 2.45) is 4.99 Å². The summed E-state index contributed by atoms with van der Waals surface area (Å²) in [6.07, 6.45) is 0.764. The third kappa shape index (κ3) is 6.57. The second-order valence-corrected chi connectivity index (χ2v) is 7.26. The van der Waals surface area contributed by atoms with Gasteiger partial charge in [0.25, 0.3) is 5.91 Å². The highest BCUT2D eigenvalue weighted by molar-refractivity contribution is 6.30. The number of rotatable bonds is 7. The van der Waals surface area contributed by atoms with Crippen LogP contribution in [0.15, 0.2) is 53.5 Å². The lowest BCUT2D eigenvalue weighted by molar-refractivity contribution is 0.0827. The summed E-state index contributed by atoms with van der Waals surface area (Å²) in [6.45, 7) is 5.54. The quantitative estimate of drug-likeness (QED) is 0.547. The van der Waals surface area contributed by atoms with E-state index in [1.165, 1.54) is 0 Å². The van der Waals surface area contributed by atoms with Crippen molar-refractivity contribution in [1.29, 1.82) is 0 Å². The molecule has 0 saturated carbocycles. The molecule has 0 spiro atoms. The lowest BCUT2D eigenvalue weighted by atomic mass is 10.1. The Bertz CT molecular complexity index is 802. The van der Waals surface area contributed by atoms with Crippen molar-refractivity contribution in [3.05, 3.63) is 70.2 Å². The Morgan fingerprint density at radius 3 is 2.54 bits per heavy atom. The van der Waals surface area contributed by atoms with Gasteiger partial charge < -0.3 is 15.5 Å². The van der Waals surface area contributed by atoms with Gasteiger partial charge in [-0.05, 0) is 55.7 Å². The number of benzene rings is 2. The first-order chi connectivity index (χ1) is 13.4. The van der Waals surface area contributed by atoms with Crippen molar-refractivity contribution in [2.75, 3.05) is 27.2 Å². The SMILES string of the molecule is CCNC(=NCCc1cccc(C(=O)N(C)C)c1)NC(C)c1ccc(Cl)cc1. The van der Waals surface area contributed by atoms with Crippen molar-refractivity contribution in [2.45, 2.75) is 26.3 Å². The molecule has 0 saturated heterocycles. The van der Waals surface area contributed by atoms with Gasteiger partial charge in [0.05, 0.1) is 6.04 Å². The van der Waals surface area contributed by atoms with Crippen LogP contribution in [-0.4, -0.2) is 44.0 Å². The van der Waals surface area contributed by atoms with Crippen molar-refractivity contribution >= 4 is 23.5 Å². The largest absolute Gasteiger partial charge is 0.357 e. The summed E-state index contributed by atoms with van der Waals surface area (Å²) in [5.41, 5.74) is 2.94. The highest BCUT2D eigenvalue weighted by atomic mass is 35.5. The first-order valence-electron chi connectivity index (χ1n) is 9.51. The number of hydrogen-bond acceptors (Lipinski definition) is 2. The normalized spacial score (nSPS) is 12.4. The van der Waals surface area contributed by atoms with E-state index in [4.69, 9.17) is 11.6 Å². The Kier molecular flexibility index (Phi) is 8.33. The molecule has 1 unspecified atom stereocenters. The zero-order chi connectivity index (χ0) is 20.5. The first kappa shape index (κ1) is 21.8. The lowest BCUT2D eigenvalue weighted by Gasteiger charge is -2.18. The Labute approximate surface area is 172 Å². The van der Waals surface area contributed by atoms with E-state index in [2.05, 4.69) is 22.5 Å². The van der Waals surface area contributed by atoms with Gasteiger partial charge in [0, 0.05) is 37.8 Å². The Hall–Kier alpha value is -2.53. The third-order valence-corrected chi connectivity index (χ3v) is 4.57. The average Bonchev–Trinajstić information content (AvgIpc) is 2.68. The number of guanidine groups is 1. The van der Waals surface area contributed by atoms with Gasteiger partial charge in [-0.25, -0.2) is 0 Å². The molecule has 2 aromatic rings. The van der Waals surface area contributed by atoms with Crippen LogP contribution in [-0.2, 0) is 6.42 Å². The smallest absolute Gasteiger partial charge is 0.253 e. The van der Waals surface area contributed by atoms with Gasteiger partial charge in [0.1, 0.15) is 0 Å². The Morgan fingerprint density at radius 2 is 1.89 bits per heavy atom. The van der Waals surface area contributed by atoms with E-state index in [0.717, 1.165) is 35.1 Å². The van der Waals surface area contributed by atoms with Gasteiger partial charge >= 0.3 is 0 Å². The maximum Gasteiger partial charge on any atom is 0.253 e. The molecule has 2 rings (SSSR count). The zero-order valence-corrected chi connectivity index (χ0v) is 17.8. The number of hydrogen-bond donors (Lipinski definition) is 2. The van der Waals surface area contributed by atoms with Crippen molar-refractivity contribution < 1.29 is 4.79 Å². The highest BCUT2D eigenvalue weighted by Gasteiger charge is 2.09. The Morgan fingerprint density at radius 1 is 1.18 bits per heavy atom. The topological polar surface area (TPSA) is 56.7 Å². The zero-order valence-electron chi connectivity index (χ0n) is 17.0. The fourth-order valence-electron chi connectivity index (χ4n) is 2.77. The molecule has 2 N–H and O–H groups in total. The van der Waals surface area contributed by atoms with Crippen LogP contribution in [0.2, 0.25) is 5.02 Å². The standard InChI is InChI=1S/C22H29ClN4O/c1-5-24-22(26-16(2)18-9-11-20(23)12-10-18)25-14-13-17-7-6-8-19(15-17)21(28)27(3)4/h6-12,15-16H,5,13-14H2,1-4H3,(H2,24,25,26). The van der Waals surface area contributed by atoms with Crippen LogP contribution in [0.1, 0.15) is 41.4 Å². The number of aliphatic imine (C=N–C) groups is 1. The molecule has 0 aliphatic heterocycles. The molecule has 1 amide bonds. The van der Waals surface area contributed by atoms with E-state index in [1.54, 1.807) is 19.0 Å². The van der Waals surface area contributed by atoms with E-state index in [9.17, 15) is 4.79 Å². The molecule has 0 heterocycles. The summed E-state index contributed by atoms with van der Waals surface area (Å²) in [5.74, 6) is 0.780. The monoisotopic (exact) mass is 400 g/mol. The van der Waals surface area contributed by atoms with Crippen LogP contribution in [0.4, 0.5) is 0 Å². The number of carbonyl (C=O) groups excluding carboxylic acids is 1. The first-order valence-corrected chi connectivity index (χ1v) is 9.89. The summed E-state index contributed by atoms with van der Waals surface area (Å²) >= 11 is 5.97. The number of nitrogens with one attached hydrogen (secondary N) is 2. The molecular weight excluding hydrogens is 372 g/mol. The summed E-state index contributed by atoms with van der Waals surface area (Å²) in [6, 6.07) is 15.6. The average molecular weight is 401 g/mol. The molecule has 2 aromatic carbocycles. The third-order valence-electron chi connectivity index (χ3n) is 4.32. The van der Waals surface area contributed by atoms with Gasteiger partial charge in [0.2, 0.25) is 0 Å². The van der Waals surface area contributed by atoms with E-state index in [-0.39, 0.29) is 11.9 Å².